The van der Waals surface area contributed by atoms with Crippen molar-refractivity contribution in [3.05, 3.63) is 24.2 Å². The van der Waals surface area contributed by atoms with E-state index in [-0.39, 0.29) is 6.54 Å². The lowest BCUT2D eigenvalue weighted by atomic mass is 9.97. The van der Waals surface area contributed by atoms with Crippen LogP contribution >= 0.6 is 0 Å². The molecule has 2 rings (SSSR count). The van der Waals surface area contributed by atoms with Crippen LogP contribution in [0.5, 0.6) is 0 Å². The largest absolute Gasteiger partial charge is 0.466 e. The lowest BCUT2D eigenvalue weighted by Crippen LogP contribution is -2.46. The predicted molar refractivity (Wildman–Crippen MR) is 102 cm³/mol. The minimum atomic E-state index is -1.11. The second-order valence-corrected chi connectivity index (χ2v) is 7.42. The molecule has 2 heterocycles. The monoisotopic (exact) mass is 350 g/mol. The number of hydrogen-bond donors (Lipinski definition) is 3. The third-order valence-electron chi connectivity index (χ3n) is 4.78. The maximum absolute atomic E-state index is 10.5. The molecule has 1 aromatic rings. The Bertz CT molecular complexity index is 526. The Morgan fingerprint density at radius 3 is 2.92 bits per heavy atom. The Morgan fingerprint density at radius 1 is 1.48 bits per heavy atom. The molecule has 142 valence electrons. The van der Waals surface area contributed by atoms with Crippen LogP contribution in [0.25, 0.3) is 0 Å². The molecule has 0 spiro atoms. The fourth-order valence-electron chi connectivity index (χ4n) is 3.21. The third kappa shape index (κ3) is 6.04. The fourth-order valence-corrected chi connectivity index (χ4v) is 3.21. The van der Waals surface area contributed by atoms with Crippen LogP contribution in [0.2, 0.25) is 0 Å². The lowest BCUT2D eigenvalue weighted by Gasteiger charge is -2.35. The first-order valence-corrected chi connectivity index (χ1v) is 9.45. The average molecular weight is 351 g/mol. The zero-order chi connectivity index (χ0) is 18.3. The maximum atomic E-state index is 10.5. The van der Waals surface area contributed by atoms with E-state index in [2.05, 4.69) is 34.4 Å². The van der Waals surface area contributed by atoms with E-state index in [1.165, 1.54) is 19.4 Å². The zero-order valence-electron chi connectivity index (χ0n) is 16.1. The standard InChI is InChI=1S/C19H34N4O2/c1-5-20-18(22-14-19(4,24)17-9-7-11-25-17)21-12-16-8-6-10-23(13-16)15(2)3/h7,9,11,15-16,24H,5-6,8,10,12-14H2,1-4H3,(H2,20,21,22). The van der Waals surface area contributed by atoms with E-state index >= 15 is 0 Å². The number of likely N-dealkylation sites (tertiary alicyclic amines) is 1. The minimum Gasteiger partial charge on any atom is -0.466 e. The van der Waals surface area contributed by atoms with Gasteiger partial charge >= 0.3 is 0 Å². The summed E-state index contributed by atoms with van der Waals surface area (Å²) in [7, 11) is 0. The van der Waals surface area contributed by atoms with Gasteiger partial charge in [0, 0.05) is 25.7 Å². The van der Waals surface area contributed by atoms with Crippen molar-refractivity contribution < 1.29 is 9.52 Å². The van der Waals surface area contributed by atoms with Crippen LogP contribution in [0.15, 0.2) is 27.8 Å². The highest BCUT2D eigenvalue weighted by atomic mass is 16.4. The summed E-state index contributed by atoms with van der Waals surface area (Å²) in [6, 6.07) is 4.16. The number of rotatable bonds is 7. The zero-order valence-corrected chi connectivity index (χ0v) is 16.1. The molecule has 0 bridgehead atoms. The summed E-state index contributed by atoms with van der Waals surface area (Å²) in [5.74, 6) is 1.91. The van der Waals surface area contributed by atoms with Gasteiger partial charge in [-0.15, -0.1) is 0 Å². The summed E-state index contributed by atoms with van der Waals surface area (Å²) in [5.41, 5.74) is -1.11. The van der Waals surface area contributed by atoms with Gasteiger partial charge in [-0.2, -0.15) is 0 Å². The second-order valence-electron chi connectivity index (χ2n) is 7.42. The molecular formula is C19H34N4O2. The Labute approximate surface area is 151 Å². The van der Waals surface area contributed by atoms with E-state index in [9.17, 15) is 5.11 Å². The van der Waals surface area contributed by atoms with Gasteiger partial charge < -0.3 is 25.1 Å². The van der Waals surface area contributed by atoms with Crippen LogP contribution in [0.4, 0.5) is 0 Å². The highest BCUT2D eigenvalue weighted by molar-refractivity contribution is 5.79. The van der Waals surface area contributed by atoms with Crippen LogP contribution < -0.4 is 10.6 Å². The number of aliphatic hydroxyl groups is 1. The van der Waals surface area contributed by atoms with Gasteiger partial charge in [0.05, 0.1) is 12.8 Å². The van der Waals surface area contributed by atoms with Crippen LogP contribution in [-0.4, -0.2) is 54.7 Å². The summed E-state index contributed by atoms with van der Waals surface area (Å²) in [6.45, 7) is 12.6. The van der Waals surface area contributed by atoms with E-state index in [1.807, 2.05) is 6.92 Å². The van der Waals surface area contributed by atoms with Gasteiger partial charge in [0.25, 0.3) is 0 Å². The van der Waals surface area contributed by atoms with Crippen LogP contribution in [0.1, 0.15) is 46.3 Å². The predicted octanol–water partition coefficient (Wildman–Crippen LogP) is 2.16. The van der Waals surface area contributed by atoms with E-state index in [0.717, 1.165) is 25.6 Å². The molecule has 1 saturated heterocycles. The SMILES string of the molecule is CCNC(=NCC(C)(O)c1ccco1)NCC1CCCN(C(C)C)C1. The van der Waals surface area contributed by atoms with Crippen LogP contribution in [-0.2, 0) is 5.60 Å². The van der Waals surface area contributed by atoms with E-state index in [0.29, 0.717) is 17.7 Å². The van der Waals surface area contributed by atoms with Crippen molar-refractivity contribution in [1.82, 2.24) is 15.5 Å². The van der Waals surface area contributed by atoms with Gasteiger partial charge in [0.15, 0.2) is 5.96 Å². The highest BCUT2D eigenvalue weighted by Crippen LogP contribution is 2.21. The van der Waals surface area contributed by atoms with Gasteiger partial charge in [-0.05, 0) is 65.1 Å². The molecule has 6 nitrogen and oxygen atoms in total. The topological polar surface area (TPSA) is 73.0 Å². The number of nitrogens with zero attached hydrogens (tertiary/aromatic N) is 2. The Morgan fingerprint density at radius 2 is 2.28 bits per heavy atom. The van der Waals surface area contributed by atoms with Gasteiger partial charge in [-0.25, -0.2) is 4.99 Å². The minimum absolute atomic E-state index is 0.249. The summed E-state index contributed by atoms with van der Waals surface area (Å²) in [5, 5.41) is 17.2. The number of nitrogens with one attached hydrogen (secondary N) is 2. The van der Waals surface area contributed by atoms with Crippen LogP contribution in [0, 0.1) is 5.92 Å². The molecule has 1 fully saturated rings. The van der Waals surface area contributed by atoms with E-state index < -0.39 is 5.60 Å². The van der Waals surface area contributed by atoms with Gasteiger partial charge in [-0.1, -0.05) is 0 Å². The molecule has 25 heavy (non-hydrogen) atoms. The Kier molecular flexibility index (Phi) is 7.32. The number of furan rings is 1. The van der Waals surface area contributed by atoms with Gasteiger partial charge in [0.1, 0.15) is 11.4 Å². The smallest absolute Gasteiger partial charge is 0.191 e. The Hall–Kier alpha value is -1.53. The molecule has 0 amide bonds. The Balaban J connectivity index is 1.89. The molecule has 1 aliphatic heterocycles. The third-order valence-corrected chi connectivity index (χ3v) is 4.78. The van der Waals surface area contributed by atoms with E-state index in [1.54, 1.807) is 25.3 Å². The average Bonchev–Trinajstić information content (AvgIpc) is 3.13. The number of hydrogen-bond acceptors (Lipinski definition) is 4. The fraction of sp³-hybridized carbons (Fsp3) is 0.737. The van der Waals surface area contributed by atoms with Crippen LogP contribution in [0.3, 0.4) is 0 Å². The van der Waals surface area contributed by atoms with E-state index in [4.69, 9.17) is 4.42 Å². The maximum Gasteiger partial charge on any atom is 0.191 e. The molecule has 0 saturated carbocycles. The second kappa shape index (κ2) is 9.25. The molecule has 0 radical (unpaired) electrons. The van der Waals surface area contributed by atoms with Crippen molar-refractivity contribution >= 4 is 5.96 Å². The van der Waals surface area contributed by atoms with Gasteiger partial charge in [-0.3, -0.25) is 0 Å². The first-order valence-electron chi connectivity index (χ1n) is 9.45. The number of aliphatic imine (C=N–C) groups is 1. The quantitative estimate of drug-likeness (QED) is 0.519. The van der Waals surface area contributed by atoms with Crippen molar-refractivity contribution in [2.24, 2.45) is 10.9 Å². The summed E-state index contributed by atoms with van der Waals surface area (Å²) in [4.78, 5) is 7.09. The molecule has 3 N–H and O–H groups in total. The van der Waals surface area contributed by atoms with Crippen molar-refractivity contribution in [2.75, 3.05) is 32.7 Å². The van der Waals surface area contributed by atoms with Crippen molar-refractivity contribution in [1.29, 1.82) is 0 Å². The summed E-state index contributed by atoms with van der Waals surface area (Å²) < 4.78 is 5.31. The molecule has 1 aliphatic rings. The summed E-state index contributed by atoms with van der Waals surface area (Å²) >= 11 is 0. The van der Waals surface area contributed by atoms with Gasteiger partial charge in [0.2, 0.25) is 0 Å². The summed E-state index contributed by atoms with van der Waals surface area (Å²) in [6.07, 6.45) is 4.08. The van der Waals surface area contributed by atoms with Crippen molar-refractivity contribution in [3.63, 3.8) is 0 Å². The normalized spacial score (nSPS) is 22.0. The molecule has 1 aromatic heterocycles. The molecule has 2 atom stereocenters. The first kappa shape index (κ1) is 19.8. The van der Waals surface area contributed by atoms with Crippen molar-refractivity contribution in [3.8, 4) is 0 Å². The molecule has 6 heteroatoms. The molecular weight excluding hydrogens is 316 g/mol. The number of guanidine groups is 1. The molecule has 0 aliphatic carbocycles. The molecule has 2 unspecified atom stereocenters. The number of piperidine rings is 1. The highest BCUT2D eigenvalue weighted by Gasteiger charge is 2.26. The first-order chi connectivity index (χ1) is 11.9. The lowest BCUT2D eigenvalue weighted by molar-refractivity contribution is 0.0436. The van der Waals surface area contributed by atoms with Crippen molar-refractivity contribution in [2.45, 2.75) is 52.2 Å². The molecule has 0 aromatic carbocycles.